The van der Waals surface area contributed by atoms with Crippen LogP contribution in [0.3, 0.4) is 0 Å². The van der Waals surface area contributed by atoms with Crippen molar-refractivity contribution in [1.29, 1.82) is 0 Å². The van der Waals surface area contributed by atoms with Crippen molar-refractivity contribution in [2.24, 2.45) is 4.99 Å². The Kier molecular flexibility index (Phi) is 6.43. The van der Waals surface area contributed by atoms with Gasteiger partial charge in [0.2, 0.25) is 0 Å². The third-order valence-corrected chi connectivity index (χ3v) is 5.01. The van der Waals surface area contributed by atoms with Gasteiger partial charge in [-0.25, -0.2) is 0 Å². The van der Waals surface area contributed by atoms with Crippen molar-refractivity contribution in [1.82, 2.24) is 0 Å². The molecule has 0 bridgehead atoms. The molecule has 0 fully saturated rings. The highest BCUT2D eigenvalue weighted by molar-refractivity contribution is 6.37. The van der Waals surface area contributed by atoms with Gasteiger partial charge in [-0.1, -0.05) is 70.7 Å². The molecule has 3 rings (SSSR count). The Labute approximate surface area is 174 Å². The van der Waals surface area contributed by atoms with Crippen molar-refractivity contribution in [3.63, 3.8) is 0 Å². The molecule has 0 aliphatic carbocycles. The molecule has 0 aliphatic heterocycles. The zero-order valence-corrected chi connectivity index (χ0v) is 17.2. The molecule has 0 aromatic heterocycles. The van der Waals surface area contributed by atoms with Crippen molar-refractivity contribution < 1.29 is 4.74 Å². The monoisotopic (exact) mass is 417 g/mol. The van der Waals surface area contributed by atoms with Crippen LogP contribution in [-0.2, 0) is 6.61 Å². The highest BCUT2D eigenvalue weighted by Crippen LogP contribution is 2.34. The van der Waals surface area contributed by atoms with E-state index in [1.54, 1.807) is 18.3 Å². The molecule has 0 saturated heterocycles. The molecule has 27 heavy (non-hydrogen) atoms. The molecule has 0 radical (unpaired) electrons. The standard InChI is InChI=1S/C22H18Cl3NO/c1-14-3-6-16(7-4-14)13-27-22-20(24)9-17(10-21(22)25)12-26-18-8-5-15(2)19(23)11-18/h3-12H,13H2,1-2H3. The molecule has 0 unspecified atom stereocenters. The highest BCUT2D eigenvalue weighted by Gasteiger charge is 2.10. The van der Waals surface area contributed by atoms with Crippen LogP contribution in [0.2, 0.25) is 15.1 Å². The predicted octanol–water partition coefficient (Wildman–Crippen LogP) is 7.59. The molecule has 2 nitrogen and oxygen atoms in total. The fourth-order valence-electron chi connectivity index (χ4n) is 2.44. The topological polar surface area (TPSA) is 21.6 Å². The van der Waals surface area contributed by atoms with Crippen LogP contribution in [-0.4, -0.2) is 6.21 Å². The minimum absolute atomic E-state index is 0.398. The largest absolute Gasteiger partial charge is 0.486 e. The van der Waals surface area contributed by atoms with Crippen molar-refractivity contribution in [2.45, 2.75) is 20.5 Å². The molecular weight excluding hydrogens is 401 g/mol. The summed E-state index contributed by atoms with van der Waals surface area (Å²) in [4.78, 5) is 4.42. The molecule has 0 spiro atoms. The van der Waals surface area contributed by atoms with E-state index in [0.717, 1.165) is 22.4 Å². The van der Waals surface area contributed by atoms with Gasteiger partial charge < -0.3 is 4.74 Å². The number of halogens is 3. The Balaban J connectivity index is 1.74. The van der Waals surface area contributed by atoms with Crippen molar-refractivity contribution in [3.8, 4) is 5.75 Å². The smallest absolute Gasteiger partial charge is 0.157 e. The van der Waals surface area contributed by atoms with Gasteiger partial charge in [-0.3, -0.25) is 4.99 Å². The number of hydrogen-bond acceptors (Lipinski definition) is 2. The van der Waals surface area contributed by atoms with Crippen LogP contribution in [0.1, 0.15) is 22.3 Å². The number of aliphatic imine (C=N–C) groups is 1. The maximum Gasteiger partial charge on any atom is 0.157 e. The molecule has 0 aliphatic rings. The minimum Gasteiger partial charge on any atom is -0.486 e. The number of benzene rings is 3. The fourth-order valence-corrected chi connectivity index (χ4v) is 3.23. The number of hydrogen-bond donors (Lipinski definition) is 0. The van der Waals surface area contributed by atoms with Gasteiger partial charge in [0.25, 0.3) is 0 Å². The highest BCUT2D eigenvalue weighted by atomic mass is 35.5. The quantitative estimate of drug-likeness (QED) is 0.391. The second-order valence-electron chi connectivity index (χ2n) is 6.28. The van der Waals surface area contributed by atoms with Gasteiger partial charge in [0.05, 0.1) is 15.7 Å². The summed E-state index contributed by atoms with van der Waals surface area (Å²) in [6, 6.07) is 17.3. The lowest BCUT2D eigenvalue weighted by molar-refractivity contribution is 0.306. The molecule has 0 N–H and O–H groups in total. The summed E-state index contributed by atoms with van der Waals surface area (Å²) in [7, 11) is 0. The predicted molar refractivity (Wildman–Crippen MR) is 115 cm³/mol. The van der Waals surface area contributed by atoms with Crippen LogP contribution in [0.4, 0.5) is 5.69 Å². The van der Waals surface area contributed by atoms with E-state index in [1.807, 2.05) is 56.3 Å². The van der Waals surface area contributed by atoms with E-state index in [0.29, 0.717) is 27.4 Å². The Bertz CT molecular complexity index is 958. The summed E-state index contributed by atoms with van der Waals surface area (Å²) in [5, 5.41) is 1.57. The van der Waals surface area contributed by atoms with Gasteiger partial charge in [-0.15, -0.1) is 0 Å². The first-order chi connectivity index (χ1) is 12.9. The maximum atomic E-state index is 6.36. The van der Waals surface area contributed by atoms with E-state index in [-0.39, 0.29) is 0 Å². The summed E-state index contributed by atoms with van der Waals surface area (Å²) >= 11 is 18.9. The average Bonchev–Trinajstić information content (AvgIpc) is 2.63. The number of rotatable bonds is 5. The summed E-state index contributed by atoms with van der Waals surface area (Å²) in [6.07, 6.45) is 1.70. The molecule has 3 aromatic rings. The zero-order chi connectivity index (χ0) is 19.4. The van der Waals surface area contributed by atoms with E-state index in [1.165, 1.54) is 5.56 Å². The molecule has 0 amide bonds. The minimum atomic E-state index is 0.398. The van der Waals surface area contributed by atoms with Gasteiger partial charge in [0.1, 0.15) is 6.61 Å². The normalized spacial score (nSPS) is 11.1. The molecule has 0 saturated carbocycles. The number of nitrogens with zero attached hydrogens (tertiary/aromatic N) is 1. The lowest BCUT2D eigenvalue weighted by Crippen LogP contribution is -1.97. The SMILES string of the molecule is Cc1ccc(COc2c(Cl)cc(C=Nc3ccc(C)c(Cl)c3)cc2Cl)cc1. The van der Waals surface area contributed by atoms with Gasteiger partial charge in [0, 0.05) is 11.2 Å². The third kappa shape index (κ3) is 5.26. The molecule has 138 valence electrons. The average molecular weight is 419 g/mol. The lowest BCUT2D eigenvalue weighted by atomic mass is 10.2. The van der Waals surface area contributed by atoms with E-state index >= 15 is 0 Å². The second-order valence-corrected chi connectivity index (χ2v) is 7.50. The molecule has 0 heterocycles. The summed E-state index contributed by atoms with van der Waals surface area (Å²) < 4.78 is 5.81. The van der Waals surface area contributed by atoms with Crippen LogP contribution < -0.4 is 4.74 Å². The molecular formula is C22H18Cl3NO. The lowest BCUT2D eigenvalue weighted by Gasteiger charge is -2.11. The Morgan fingerprint density at radius 1 is 0.852 bits per heavy atom. The number of ether oxygens (including phenoxy) is 1. The van der Waals surface area contributed by atoms with Gasteiger partial charge in [0.15, 0.2) is 5.75 Å². The first kappa shape index (κ1) is 19.8. The van der Waals surface area contributed by atoms with Crippen LogP contribution in [0, 0.1) is 13.8 Å². The Hall–Kier alpha value is -2.00. The van der Waals surface area contributed by atoms with Crippen LogP contribution in [0.5, 0.6) is 5.75 Å². The molecule has 0 atom stereocenters. The zero-order valence-electron chi connectivity index (χ0n) is 15.0. The van der Waals surface area contributed by atoms with E-state index < -0.39 is 0 Å². The fraction of sp³-hybridized carbons (Fsp3) is 0.136. The number of aryl methyl sites for hydroxylation is 2. The third-order valence-electron chi connectivity index (χ3n) is 4.04. The van der Waals surface area contributed by atoms with Gasteiger partial charge in [-0.2, -0.15) is 0 Å². The van der Waals surface area contributed by atoms with Crippen molar-refractivity contribution in [2.75, 3.05) is 0 Å². The van der Waals surface area contributed by atoms with E-state index in [2.05, 4.69) is 4.99 Å². The van der Waals surface area contributed by atoms with Crippen LogP contribution >= 0.6 is 34.8 Å². The van der Waals surface area contributed by atoms with Crippen LogP contribution in [0.15, 0.2) is 59.6 Å². The maximum absolute atomic E-state index is 6.36. The van der Waals surface area contributed by atoms with Crippen LogP contribution in [0.25, 0.3) is 0 Å². The molecule has 5 heteroatoms. The summed E-state index contributed by atoms with van der Waals surface area (Å²) in [5.74, 6) is 0.467. The van der Waals surface area contributed by atoms with Crippen molar-refractivity contribution in [3.05, 3.63) is 91.9 Å². The van der Waals surface area contributed by atoms with Gasteiger partial charge >= 0.3 is 0 Å². The van der Waals surface area contributed by atoms with Gasteiger partial charge in [-0.05, 0) is 54.8 Å². The Morgan fingerprint density at radius 2 is 1.52 bits per heavy atom. The van der Waals surface area contributed by atoms with Crippen molar-refractivity contribution >= 4 is 46.7 Å². The Morgan fingerprint density at radius 3 is 2.15 bits per heavy atom. The first-order valence-corrected chi connectivity index (χ1v) is 9.53. The second kappa shape index (κ2) is 8.79. The van der Waals surface area contributed by atoms with E-state index in [9.17, 15) is 0 Å². The first-order valence-electron chi connectivity index (χ1n) is 8.40. The summed E-state index contributed by atoms with van der Waals surface area (Å²) in [5.41, 5.74) is 4.81. The van der Waals surface area contributed by atoms with E-state index in [4.69, 9.17) is 39.5 Å². The molecule has 3 aromatic carbocycles. The summed E-state index contributed by atoms with van der Waals surface area (Å²) in [6.45, 7) is 4.39.